The monoisotopic (exact) mass is 528 g/mol. The fraction of sp³-hybridized carbons (Fsp3) is 0.811. The van der Waals surface area contributed by atoms with Crippen LogP contribution in [0.3, 0.4) is 0 Å². The number of carbonyl (C=O) groups is 1. The van der Waals surface area contributed by atoms with Gasteiger partial charge in [-0.2, -0.15) is 0 Å². The molecule has 8 unspecified atom stereocenters. The Morgan fingerprint density at radius 2 is 1.10 bits per heavy atom. The molecule has 2 heteroatoms. The molecule has 0 radical (unpaired) electrons. The molecule has 8 aliphatic carbocycles. The summed E-state index contributed by atoms with van der Waals surface area (Å²) in [6, 6.07) is 5.07. The molecule has 0 aliphatic heterocycles. The van der Waals surface area contributed by atoms with Gasteiger partial charge in [-0.15, -0.1) is 0 Å². The van der Waals surface area contributed by atoms with Gasteiger partial charge in [0, 0.05) is 0 Å². The fourth-order valence-electron chi connectivity index (χ4n) is 13.0. The van der Waals surface area contributed by atoms with Crippen molar-refractivity contribution < 1.29 is 9.90 Å². The lowest BCUT2D eigenvalue weighted by atomic mass is 9.50. The SMILES string of the molecule is CC1CC2CCC(c3cc(C4CCC5CC(C)CC4C5)c(C(=O)O)c(C4C5CC6CC(C5)CC4C6)c3)C(C1)C2. The van der Waals surface area contributed by atoms with E-state index in [1.165, 1.54) is 107 Å². The van der Waals surface area contributed by atoms with E-state index in [0.717, 1.165) is 58.8 Å². The lowest BCUT2D eigenvalue weighted by Gasteiger charge is -2.55. The zero-order valence-electron chi connectivity index (χ0n) is 24.6. The van der Waals surface area contributed by atoms with Crippen molar-refractivity contribution >= 4 is 5.97 Å². The van der Waals surface area contributed by atoms with Crippen molar-refractivity contribution in [3.05, 3.63) is 34.4 Å². The summed E-state index contributed by atoms with van der Waals surface area (Å²) in [5.41, 5.74) is 4.99. The van der Waals surface area contributed by atoms with E-state index in [2.05, 4.69) is 26.0 Å². The Hall–Kier alpha value is -1.31. The van der Waals surface area contributed by atoms with Crippen molar-refractivity contribution in [2.24, 2.45) is 59.2 Å². The summed E-state index contributed by atoms with van der Waals surface area (Å²) < 4.78 is 0. The van der Waals surface area contributed by atoms with Crippen molar-refractivity contribution in [1.29, 1.82) is 0 Å². The minimum absolute atomic E-state index is 0.465. The third kappa shape index (κ3) is 4.35. The molecule has 39 heavy (non-hydrogen) atoms. The van der Waals surface area contributed by atoms with Crippen LogP contribution in [-0.4, -0.2) is 11.1 Å². The summed E-state index contributed by atoms with van der Waals surface area (Å²) in [5.74, 6) is 9.33. The van der Waals surface area contributed by atoms with Crippen LogP contribution in [0.15, 0.2) is 12.1 Å². The van der Waals surface area contributed by atoms with Crippen LogP contribution in [0, 0.1) is 59.2 Å². The van der Waals surface area contributed by atoms with Gasteiger partial charge in [0.15, 0.2) is 0 Å². The molecule has 0 aromatic heterocycles. The third-order valence-electron chi connectivity index (χ3n) is 13.9. The molecule has 1 aromatic carbocycles. The summed E-state index contributed by atoms with van der Waals surface area (Å²) in [5, 5.41) is 11.0. The van der Waals surface area contributed by atoms with Crippen LogP contribution < -0.4 is 0 Å². The predicted octanol–water partition coefficient (Wildman–Crippen LogP) is 9.78. The molecule has 0 heterocycles. The standard InChI is InChI=1S/C37H52O2/c1-20-7-22-3-5-31(26(9-20)12-22)28-18-33(32-6-4-23-8-21(2)10-27(32)13-23)36(37(38)39)34(19-28)35-29-14-24-11-25(16-29)17-30(35)15-24/h18-27,29-32,35H,3-17H2,1-2H3,(H,38,39). The van der Waals surface area contributed by atoms with Crippen LogP contribution >= 0.6 is 0 Å². The second-order valence-electron chi connectivity index (χ2n) is 16.6. The van der Waals surface area contributed by atoms with Crippen molar-refractivity contribution in [2.75, 3.05) is 0 Å². The van der Waals surface area contributed by atoms with Crippen molar-refractivity contribution in [1.82, 2.24) is 0 Å². The van der Waals surface area contributed by atoms with E-state index in [1.54, 1.807) is 5.56 Å². The molecule has 8 bridgehead atoms. The van der Waals surface area contributed by atoms with E-state index in [-0.39, 0.29) is 0 Å². The maximum atomic E-state index is 13.4. The van der Waals surface area contributed by atoms with Gasteiger partial charge in [0.05, 0.1) is 5.56 Å². The second-order valence-corrected chi connectivity index (χ2v) is 16.6. The highest BCUT2D eigenvalue weighted by atomic mass is 16.4. The first-order valence-corrected chi connectivity index (χ1v) is 17.3. The van der Waals surface area contributed by atoms with E-state index in [0.29, 0.717) is 23.7 Å². The quantitative estimate of drug-likeness (QED) is 0.422. The number of benzene rings is 1. The largest absolute Gasteiger partial charge is 0.478 e. The summed E-state index contributed by atoms with van der Waals surface area (Å²) >= 11 is 0. The Balaban J connectivity index is 1.25. The first-order chi connectivity index (χ1) is 18.9. The van der Waals surface area contributed by atoms with E-state index in [4.69, 9.17) is 0 Å². The van der Waals surface area contributed by atoms with Gasteiger partial charge in [0.2, 0.25) is 0 Å². The highest BCUT2D eigenvalue weighted by molar-refractivity contribution is 5.92. The molecule has 8 saturated carbocycles. The fourth-order valence-corrected chi connectivity index (χ4v) is 13.0. The Kier molecular flexibility index (Phi) is 6.27. The number of rotatable bonds is 4. The smallest absolute Gasteiger partial charge is 0.336 e. The van der Waals surface area contributed by atoms with Gasteiger partial charge in [0.25, 0.3) is 0 Å². The van der Waals surface area contributed by atoms with Gasteiger partial charge < -0.3 is 5.11 Å². The lowest BCUT2D eigenvalue weighted by Crippen LogP contribution is -2.44. The van der Waals surface area contributed by atoms with Gasteiger partial charge in [0.1, 0.15) is 0 Å². The Bertz CT molecular complexity index is 1090. The van der Waals surface area contributed by atoms with E-state index in [9.17, 15) is 9.90 Å². The molecule has 9 rings (SSSR count). The molecule has 1 N–H and O–H groups in total. The van der Waals surface area contributed by atoms with E-state index in [1.807, 2.05) is 0 Å². The van der Waals surface area contributed by atoms with Crippen LogP contribution in [0.25, 0.3) is 0 Å². The van der Waals surface area contributed by atoms with Gasteiger partial charge >= 0.3 is 5.97 Å². The molecule has 0 saturated heterocycles. The molecule has 0 spiro atoms. The number of carboxylic acid groups (broad SMARTS) is 1. The third-order valence-corrected chi connectivity index (χ3v) is 13.9. The average Bonchev–Trinajstić information content (AvgIpc) is 2.87. The zero-order valence-corrected chi connectivity index (χ0v) is 24.6. The molecule has 8 fully saturated rings. The van der Waals surface area contributed by atoms with Crippen molar-refractivity contribution in [3.8, 4) is 0 Å². The molecular formula is C37H52O2. The molecular weight excluding hydrogens is 476 g/mol. The van der Waals surface area contributed by atoms with E-state index < -0.39 is 5.97 Å². The lowest BCUT2D eigenvalue weighted by molar-refractivity contribution is -0.00328. The molecule has 8 aliphatic rings. The summed E-state index contributed by atoms with van der Waals surface area (Å²) in [6.07, 6.45) is 20.5. The van der Waals surface area contributed by atoms with Gasteiger partial charge in [-0.05, 0) is 190 Å². The van der Waals surface area contributed by atoms with Gasteiger partial charge in [-0.25, -0.2) is 4.79 Å². The zero-order chi connectivity index (χ0) is 26.4. The predicted molar refractivity (Wildman–Crippen MR) is 157 cm³/mol. The summed E-state index contributed by atoms with van der Waals surface area (Å²) in [6.45, 7) is 4.95. The highest BCUT2D eigenvalue weighted by Crippen LogP contribution is 2.61. The van der Waals surface area contributed by atoms with Crippen molar-refractivity contribution in [3.63, 3.8) is 0 Å². The van der Waals surface area contributed by atoms with Crippen LogP contribution in [0.2, 0.25) is 0 Å². The Morgan fingerprint density at radius 3 is 1.69 bits per heavy atom. The number of aromatic carboxylic acids is 1. The van der Waals surface area contributed by atoms with Crippen LogP contribution in [0.5, 0.6) is 0 Å². The maximum Gasteiger partial charge on any atom is 0.336 e. The molecule has 0 amide bonds. The van der Waals surface area contributed by atoms with E-state index >= 15 is 0 Å². The molecule has 8 atom stereocenters. The molecule has 212 valence electrons. The maximum absolute atomic E-state index is 13.4. The van der Waals surface area contributed by atoms with Crippen molar-refractivity contribution in [2.45, 2.75) is 128 Å². The van der Waals surface area contributed by atoms with Crippen LogP contribution in [0.1, 0.15) is 155 Å². The van der Waals surface area contributed by atoms with Crippen LogP contribution in [0.4, 0.5) is 0 Å². The van der Waals surface area contributed by atoms with Gasteiger partial charge in [-0.3, -0.25) is 0 Å². The normalized spacial score (nSPS) is 48.2. The number of hydrogen-bond acceptors (Lipinski definition) is 1. The second kappa shape index (κ2) is 9.62. The highest BCUT2D eigenvalue weighted by Gasteiger charge is 2.50. The minimum atomic E-state index is -0.610. The first kappa shape index (κ1) is 25.4. The summed E-state index contributed by atoms with van der Waals surface area (Å²) in [7, 11) is 0. The summed E-state index contributed by atoms with van der Waals surface area (Å²) in [4.78, 5) is 13.4. The van der Waals surface area contributed by atoms with Gasteiger partial charge in [-0.1, -0.05) is 26.0 Å². The molecule has 2 nitrogen and oxygen atoms in total. The number of carboxylic acids is 1. The average molecular weight is 529 g/mol. The van der Waals surface area contributed by atoms with Crippen LogP contribution in [-0.2, 0) is 0 Å². The number of fused-ring (bicyclic) bond motifs is 4. The first-order valence-electron chi connectivity index (χ1n) is 17.3. The number of hydrogen-bond donors (Lipinski definition) is 1. The Morgan fingerprint density at radius 1 is 0.590 bits per heavy atom. The minimum Gasteiger partial charge on any atom is -0.478 e. The topological polar surface area (TPSA) is 37.3 Å². The Labute approximate surface area is 237 Å². The molecule has 1 aromatic rings.